The lowest BCUT2D eigenvalue weighted by Crippen LogP contribution is -2.38. The van der Waals surface area contributed by atoms with E-state index >= 15 is 0 Å². The maximum Gasteiger partial charge on any atom is 0.418 e. The third-order valence-electron chi connectivity index (χ3n) is 6.62. The van der Waals surface area contributed by atoms with E-state index in [4.69, 9.17) is 0 Å². The molecule has 2 amide bonds. The second-order valence-electron chi connectivity index (χ2n) is 9.26. The minimum Gasteiger partial charge on any atom is -0.318 e. The first-order valence-electron chi connectivity index (χ1n) is 11.8. The molecule has 0 unspecified atom stereocenters. The van der Waals surface area contributed by atoms with Crippen LogP contribution in [-0.4, -0.2) is 15.5 Å². The van der Waals surface area contributed by atoms with Gasteiger partial charge in [0.25, 0.3) is 0 Å². The third kappa shape index (κ3) is 4.37. The van der Waals surface area contributed by atoms with Crippen molar-refractivity contribution in [3.63, 3.8) is 0 Å². The molecule has 0 aliphatic carbocycles. The zero-order valence-electron chi connectivity index (χ0n) is 20.0. The number of urea groups is 1. The quantitative estimate of drug-likeness (QED) is 0.314. The lowest BCUT2D eigenvalue weighted by atomic mass is 9.97. The van der Waals surface area contributed by atoms with E-state index in [0.29, 0.717) is 5.92 Å². The van der Waals surface area contributed by atoms with Crippen molar-refractivity contribution in [3.05, 3.63) is 119 Å². The monoisotopic (exact) mass is 489 g/mol. The smallest absolute Gasteiger partial charge is 0.318 e. The average molecular weight is 490 g/mol. The molecular weight excluding hydrogens is 463 g/mol. The van der Waals surface area contributed by atoms with Gasteiger partial charge >= 0.3 is 12.2 Å². The summed E-state index contributed by atoms with van der Waals surface area (Å²) in [7, 11) is 0. The van der Waals surface area contributed by atoms with Gasteiger partial charge in [-0.2, -0.15) is 13.2 Å². The van der Waals surface area contributed by atoms with Gasteiger partial charge in [0, 0.05) is 11.9 Å². The molecule has 0 radical (unpaired) electrons. The molecular formula is C29H26F3N3O. The number of para-hydroxylation sites is 2. The predicted octanol–water partition coefficient (Wildman–Crippen LogP) is 7.76. The highest BCUT2D eigenvalue weighted by Gasteiger charge is 2.36. The Balaban J connectivity index is 1.62. The van der Waals surface area contributed by atoms with Crippen LogP contribution in [0.1, 0.15) is 53.8 Å². The maximum absolute atomic E-state index is 13.7. The SMILES string of the molecule is CC(C)c1ccc([C@@H]2c3cccn3-c3ccccc3CN2C(=O)Nc2ccccc2C(F)(F)F)cc1. The number of amides is 2. The molecule has 1 aromatic heterocycles. The van der Waals surface area contributed by atoms with E-state index in [1.165, 1.54) is 23.8 Å². The van der Waals surface area contributed by atoms with Crippen molar-refractivity contribution in [2.24, 2.45) is 0 Å². The lowest BCUT2D eigenvalue weighted by Gasteiger charge is -2.31. The fraction of sp³-hybridized carbons (Fsp3) is 0.207. The first-order valence-corrected chi connectivity index (χ1v) is 11.8. The zero-order chi connectivity index (χ0) is 25.4. The van der Waals surface area contributed by atoms with Gasteiger partial charge in [-0.05, 0) is 52.9 Å². The van der Waals surface area contributed by atoms with Crippen LogP contribution in [-0.2, 0) is 12.7 Å². The fourth-order valence-corrected chi connectivity index (χ4v) is 4.78. The molecule has 0 fully saturated rings. The van der Waals surface area contributed by atoms with E-state index in [1.807, 2.05) is 71.4 Å². The fourth-order valence-electron chi connectivity index (χ4n) is 4.78. The third-order valence-corrected chi connectivity index (χ3v) is 6.62. The minimum absolute atomic E-state index is 0.231. The van der Waals surface area contributed by atoms with Gasteiger partial charge in [-0.1, -0.05) is 68.4 Å². The maximum atomic E-state index is 13.7. The number of carbonyl (C=O) groups is 1. The van der Waals surface area contributed by atoms with E-state index in [0.717, 1.165) is 28.6 Å². The van der Waals surface area contributed by atoms with E-state index < -0.39 is 23.8 Å². The molecule has 0 saturated carbocycles. The molecule has 5 rings (SSSR count). The second-order valence-corrected chi connectivity index (χ2v) is 9.26. The van der Waals surface area contributed by atoms with Crippen LogP contribution in [0.4, 0.5) is 23.7 Å². The topological polar surface area (TPSA) is 37.3 Å². The van der Waals surface area contributed by atoms with E-state index in [1.54, 1.807) is 4.90 Å². The Labute approximate surface area is 208 Å². The summed E-state index contributed by atoms with van der Waals surface area (Å²) in [5.74, 6) is 0.347. The van der Waals surface area contributed by atoms with Crippen LogP contribution < -0.4 is 5.32 Å². The number of nitrogens with one attached hydrogen (secondary N) is 1. The standard InChI is InChI=1S/C29H26F3N3O/c1-19(2)20-13-15-21(16-14-20)27-26-12-7-17-34(26)25-11-6-3-8-22(25)18-35(27)28(36)33-24-10-5-4-9-23(24)29(30,31)32/h3-17,19,27H,18H2,1-2H3,(H,33,36)/t27-/m1/s1. The molecule has 3 aromatic carbocycles. The molecule has 0 saturated heterocycles. The van der Waals surface area contributed by atoms with Crippen molar-refractivity contribution in [1.29, 1.82) is 0 Å². The number of fused-ring (bicyclic) bond motifs is 3. The van der Waals surface area contributed by atoms with Crippen molar-refractivity contribution >= 4 is 11.7 Å². The molecule has 1 N–H and O–H groups in total. The van der Waals surface area contributed by atoms with Gasteiger partial charge in [0.05, 0.1) is 29.5 Å². The van der Waals surface area contributed by atoms with Crippen LogP contribution in [0.2, 0.25) is 0 Å². The van der Waals surface area contributed by atoms with Gasteiger partial charge in [-0.15, -0.1) is 0 Å². The van der Waals surface area contributed by atoms with Crippen molar-refractivity contribution in [3.8, 4) is 5.69 Å². The molecule has 36 heavy (non-hydrogen) atoms. The molecule has 0 bridgehead atoms. The number of aromatic nitrogens is 1. The molecule has 1 aliphatic heterocycles. The molecule has 1 aliphatic rings. The molecule has 4 aromatic rings. The Kier molecular flexibility index (Phi) is 6.08. The molecule has 4 nitrogen and oxygen atoms in total. The van der Waals surface area contributed by atoms with Crippen molar-refractivity contribution in [2.45, 2.75) is 38.5 Å². The molecule has 2 heterocycles. The van der Waals surface area contributed by atoms with Crippen LogP contribution in [0, 0.1) is 0 Å². The van der Waals surface area contributed by atoms with Gasteiger partial charge in [-0.25, -0.2) is 4.79 Å². The summed E-state index contributed by atoms with van der Waals surface area (Å²) in [5.41, 5.74) is 3.60. The highest BCUT2D eigenvalue weighted by atomic mass is 19.4. The molecule has 1 atom stereocenters. The number of carbonyl (C=O) groups excluding carboxylic acids is 1. The highest BCUT2D eigenvalue weighted by molar-refractivity contribution is 5.91. The number of nitrogens with zero attached hydrogens (tertiary/aromatic N) is 2. The summed E-state index contributed by atoms with van der Waals surface area (Å²) >= 11 is 0. The van der Waals surface area contributed by atoms with Crippen LogP contribution in [0.3, 0.4) is 0 Å². The van der Waals surface area contributed by atoms with Gasteiger partial charge < -0.3 is 14.8 Å². The van der Waals surface area contributed by atoms with Crippen LogP contribution >= 0.6 is 0 Å². The van der Waals surface area contributed by atoms with Gasteiger partial charge in [0.2, 0.25) is 0 Å². The Hall–Kier alpha value is -4.00. The van der Waals surface area contributed by atoms with Gasteiger partial charge in [-0.3, -0.25) is 0 Å². The number of rotatable bonds is 3. The van der Waals surface area contributed by atoms with E-state index in [-0.39, 0.29) is 12.2 Å². The van der Waals surface area contributed by atoms with Crippen LogP contribution in [0.25, 0.3) is 5.69 Å². The first kappa shape index (κ1) is 23.7. The van der Waals surface area contributed by atoms with E-state index in [9.17, 15) is 18.0 Å². The Morgan fingerprint density at radius 2 is 1.61 bits per heavy atom. The van der Waals surface area contributed by atoms with Gasteiger partial charge in [0.15, 0.2) is 0 Å². The van der Waals surface area contributed by atoms with Crippen LogP contribution in [0.5, 0.6) is 0 Å². The number of halogens is 3. The minimum atomic E-state index is -4.59. The summed E-state index contributed by atoms with van der Waals surface area (Å²) in [6.45, 7) is 4.45. The summed E-state index contributed by atoms with van der Waals surface area (Å²) in [4.78, 5) is 15.3. The molecule has 7 heteroatoms. The Morgan fingerprint density at radius 1 is 0.917 bits per heavy atom. The number of alkyl halides is 3. The molecule has 184 valence electrons. The number of anilines is 1. The molecule has 0 spiro atoms. The lowest BCUT2D eigenvalue weighted by molar-refractivity contribution is -0.136. The second kappa shape index (κ2) is 9.22. The number of benzene rings is 3. The first-order chi connectivity index (χ1) is 17.2. The van der Waals surface area contributed by atoms with Crippen molar-refractivity contribution in [2.75, 3.05) is 5.32 Å². The van der Waals surface area contributed by atoms with Gasteiger partial charge in [0.1, 0.15) is 0 Å². The Morgan fingerprint density at radius 3 is 2.33 bits per heavy atom. The summed E-state index contributed by atoms with van der Waals surface area (Å²) in [5, 5.41) is 2.56. The van der Waals surface area contributed by atoms with E-state index in [2.05, 4.69) is 19.2 Å². The largest absolute Gasteiger partial charge is 0.418 e. The average Bonchev–Trinajstić information content (AvgIpc) is 3.28. The van der Waals surface area contributed by atoms with Crippen molar-refractivity contribution < 1.29 is 18.0 Å². The highest BCUT2D eigenvalue weighted by Crippen LogP contribution is 2.39. The zero-order valence-corrected chi connectivity index (χ0v) is 20.0. The predicted molar refractivity (Wildman–Crippen MR) is 134 cm³/mol. The van der Waals surface area contributed by atoms with Crippen LogP contribution in [0.15, 0.2) is 91.1 Å². The van der Waals surface area contributed by atoms with Crippen molar-refractivity contribution in [1.82, 2.24) is 9.47 Å². The summed E-state index contributed by atoms with van der Waals surface area (Å²) < 4.78 is 43.0. The summed E-state index contributed by atoms with van der Waals surface area (Å²) in [6.07, 6.45) is -2.64. The Bertz CT molecular complexity index is 1390. The normalized spacial score (nSPS) is 15.3. The number of hydrogen-bond acceptors (Lipinski definition) is 1. The number of hydrogen-bond donors (Lipinski definition) is 1. The summed E-state index contributed by atoms with van der Waals surface area (Å²) in [6, 6.07) is 23.6.